The van der Waals surface area contributed by atoms with Crippen LogP contribution in [0.15, 0.2) is 91.4 Å². The van der Waals surface area contributed by atoms with Crippen LogP contribution >= 0.6 is 0 Å². The molecule has 7 heteroatoms. The number of aromatic nitrogens is 4. The van der Waals surface area contributed by atoms with Crippen LogP contribution in [0.1, 0.15) is 5.56 Å². The zero-order chi connectivity index (χ0) is 24.0. The van der Waals surface area contributed by atoms with E-state index in [1.165, 1.54) is 5.56 Å². The molecule has 3 N–H and O–H groups in total. The van der Waals surface area contributed by atoms with Crippen molar-refractivity contribution in [2.24, 2.45) is 5.73 Å². The number of nitrogens with two attached hydrogens (primary N) is 1. The number of nitrogens with zero attached hydrogens (tertiary/aromatic N) is 4. The highest BCUT2D eigenvalue weighted by atomic mass is 16.5. The van der Waals surface area contributed by atoms with Crippen LogP contribution in [0.3, 0.4) is 0 Å². The van der Waals surface area contributed by atoms with E-state index in [0.717, 1.165) is 45.7 Å². The Labute approximate surface area is 204 Å². The van der Waals surface area contributed by atoms with Crippen molar-refractivity contribution in [1.29, 1.82) is 0 Å². The van der Waals surface area contributed by atoms with Crippen molar-refractivity contribution in [2.75, 3.05) is 19.0 Å². The summed E-state index contributed by atoms with van der Waals surface area (Å²) in [6.45, 7) is 0.563. The predicted molar refractivity (Wildman–Crippen MR) is 139 cm³/mol. The minimum Gasteiger partial charge on any atom is -0.497 e. The Morgan fingerprint density at radius 3 is 2.51 bits per heavy atom. The van der Waals surface area contributed by atoms with Gasteiger partial charge in [-0.25, -0.2) is 9.97 Å². The Bertz CT molecular complexity index is 1430. The molecule has 2 aromatic carbocycles. The Morgan fingerprint density at radius 2 is 1.71 bits per heavy atom. The van der Waals surface area contributed by atoms with E-state index in [1.807, 2.05) is 60.7 Å². The van der Waals surface area contributed by atoms with Crippen molar-refractivity contribution in [1.82, 2.24) is 19.9 Å². The molecule has 5 rings (SSSR count). The van der Waals surface area contributed by atoms with Gasteiger partial charge >= 0.3 is 0 Å². The molecule has 3 heterocycles. The van der Waals surface area contributed by atoms with E-state index in [9.17, 15) is 0 Å². The van der Waals surface area contributed by atoms with Crippen molar-refractivity contribution in [2.45, 2.75) is 12.5 Å². The monoisotopic (exact) mass is 462 g/mol. The van der Waals surface area contributed by atoms with Crippen LogP contribution < -0.4 is 15.8 Å². The second-order valence-corrected chi connectivity index (χ2v) is 8.25. The molecule has 0 unspecified atom stereocenters. The number of anilines is 1. The first-order valence-corrected chi connectivity index (χ1v) is 11.5. The molecule has 0 aliphatic rings. The van der Waals surface area contributed by atoms with Gasteiger partial charge in [0.2, 0.25) is 0 Å². The molecule has 1 atom stereocenters. The maximum absolute atomic E-state index is 6.46. The topological polar surface area (TPSA) is 98.8 Å². The molecule has 0 amide bonds. The third kappa shape index (κ3) is 5.10. The van der Waals surface area contributed by atoms with Crippen LogP contribution in [-0.2, 0) is 6.42 Å². The number of hydrogen-bond acceptors (Lipinski definition) is 7. The Hall–Kier alpha value is -4.36. The molecule has 0 aliphatic carbocycles. The second kappa shape index (κ2) is 10.3. The average Bonchev–Trinajstić information content (AvgIpc) is 2.92. The molecular weight excluding hydrogens is 436 g/mol. The lowest BCUT2D eigenvalue weighted by Gasteiger charge is -2.16. The number of ether oxygens (including phenoxy) is 1. The van der Waals surface area contributed by atoms with Crippen LogP contribution in [0.2, 0.25) is 0 Å². The van der Waals surface area contributed by atoms with Gasteiger partial charge < -0.3 is 15.8 Å². The smallest absolute Gasteiger partial charge is 0.162 e. The molecule has 7 nitrogen and oxygen atoms in total. The third-order valence-electron chi connectivity index (χ3n) is 5.77. The van der Waals surface area contributed by atoms with Gasteiger partial charge in [0.1, 0.15) is 17.1 Å². The van der Waals surface area contributed by atoms with Gasteiger partial charge in [0.05, 0.1) is 12.8 Å². The summed E-state index contributed by atoms with van der Waals surface area (Å²) in [5.41, 5.74) is 11.0. The molecule has 0 aliphatic heterocycles. The van der Waals surface area contributed by atoms with Gasteiger partial charge in [-0.05, 0) is 42.3 Å². The minimum absolute atomic E-state index is 0.0773. The Kier molecular flexibility index (Phi) is 6.59. The summed E-state index contributed by atoms with van der Waals surface area (Å²) in [6, 6.07) is 23.7. The van der Waals surface area contributed by atoms with E-state index in [1.54, 1.807) is 25.7 Å². The van der Waals surface area contributed by atoms with E-state index < -0.39 is 0 Å². The van der Waals surface area contributed by atoms with Gasteiger partial charge in [-0.2, -0.15) is 0 Å². The van der Waals surface area contributed by atoms with E-state index in [-0.39, 0.29) is 6.04 Å². The van der Waals surface area contributed by atoms with Crippen molar-refractivity contribution in [3.05, 3.63) is 97.0 Å². The van der Waals surface area contributed by atoms with Gasteiger partial charge in [0, 0.05) is 47.7 Å². The molecule has 0 spiro atoms. The number of fused-ring (bicyclic) bond motifs is 1. The summed E-state index contributed by atoms with van der Waals surface area (Å²) < 4.78 is 5.43. The lowest BCUT2D eigenvalue weighted by Crippen LogP contribution is -2.31. The molecule has 5 aromatic rings. The number of nitrogens with one attached hydrogen (secondary N) is 1. The van der Waals surface area contributed by atoms with Crippen LogP contribution in [0.5, 0.6) is 5.75 Å². The van der Waals surface area contributed by atoms with E-state index in [0.29, 0.717) is 12.4 Å². The Morgan fingerprint density at radius 1 is 0.886 bits per heavy atom. The fourth-order valence-corrected chi connectivity index (χ4v) is 4.02. The molecule has 3 aromatic heterocycles. The molecule has 0 saturated carbocycles. The SMILES string of the molecule is COc1cccc(-c2nccc3c(NC[C@@H](N)Cc4ccccc4)nc(-c4ccncc4)nc23)c1. The van der Waals surface area contributed by atoms with Crippen LogP contribution in [-0.4, -0.2) is 39.6 Å². The van der Waals surface area contributed by atoms with Gasteiger partial charge in [0.15, 0.2) is 5.82 Å². The van der Waals surface area contributed by atoms with Crippen molar-refractivity contribution in [3.63, 3.8) is 0 Å². The predicted octanol–water partition coefficient (Wildman–Crippen LogP) is 4.74. The fraction of sp³-hybridized carbons (Fsp3) is 0.143. The maximum Gasteiger partial charge on any atom is 0.162 e. The summed E-state index contributed by atoms with van der Waals surface area (Å²) >= 11 is 0. The van der Waals surface area contributed by atoms with Crippen LogP contribution in [0.25, 0.3) is 33.5 Å². The fourth-order valence-electron chi connectivity index (χ4n) is 4.02. The molecule has 0 bridgehead atoms. The zero-order valence-electron chi connectivity index (χ0n) is 19.4. The van der Waals surface area contributed by atoms with E-state index in [4.69, 9.17) is 20.4 Å². The summed E-state index contributed by atoms with van der Waals surface area (Å²) in [4.78, 5) is 18.6. The van der Waals surface area contributed by atoms with E-state index in [2.05, 4.69) is 27.4 Å². The molecule has 174 valence electrons. The summed E-state index contributed by atoms with van der Waals surface area (Å²) in [5, 5.41) is 4.35. The van der Waals surface area contributed by atoms with Crippen molar-refractivity contribution < 1.29 is 4.74 Å². The summed E-state index contributed by atoms with van der Waals surface area (Å²) in [6.07, 6.45) is 6.02. The zero-order valence-corrected chi connectivity index (χ0v) is 19.4. The first kappa shape index (κ1) is 22.4. The van der Waals surface area contributed by atoms with Gasteiger partial charge in [-0.15, -0.1) is 0 Å². The first-order chi connectivity index (χ1) is 17.2. The highest BCUT2D eigenvalue weighted by Crippen LogP contribution is 2.32. The second-order valence-electron chi connectivity index (χ2n) is 8.25. The number of pyridine rings is 2. The lowest BCUT2D eigenvalue weighted by atomic mass is 10.1. The minimum atomic E-state index is -0.0773. The first-order valence-electron chi connectivity index (χ1n) is 11.5. The normalized spacial score (nSPS) is 11.8. The summed E-state index contributed by atoms with van der Waals surface area (Å²) in [7, 11) is 1.65. The maximum atomic E-state index is 6.46. The quantitative estimate of drug-likeness (QED) is 0.343. The standard InChI is InChI=1S/C28H26N6O/c1-35-23-9-5-8-21(17-23)25-26-24(12-15-31-25)28(34-27(33-26)20-10-13-30-14-11-20)32-18-22(29)16-19-6-3-2-4-7-19/h2-15,17,22H,16,18,29H2,1H3,(H,32,33,34)/t22-/m0/s1. The highest BCUT2D eigenvalue weighted by Gasteiger charge is 2.16. The number of rotatable bonds is 8. The van der Waals surface area contributed by atoms with Gasteiger partial charge in [-0.3, -0.25) is 9.97 Å². The molecule has 0 fully saturated rings. The van der Waals surface area contributed by atoms with Gasteiger partial charge in [0.25, 0.3) is 0 Å². The third-order valence-corrected chi connectivity index (χ3v) is 5.77. The molecule has 0 saturated heterocycles. The number of benzene rings is 2. The van der Waals surface area contributed by atoms with Crippen LogP contribution in [0.4, 0.5) is 5.82 Å². The molecule has 0 radical (unpaired) electrons. The Balaban J connectivity index is 1.55. The summed E-state index contributed by atoms with van der Waals surface area (Å²) in [5.74, 6) is 2.07. The van der Waals surface area contributed by atoms with Crippen LogP contribution in [0, 0.1) is 0 Å². The average molecular weight is 463 g/mol. The van der Waals surface area contributed by atoms with Gasteiger partial charge in [-0.1, -0.05) is 42.5 Å². The highest BCUT2D eigenvalue weighted by molar-refractivity contribution is 5.98. The van der Waals surface area contributed by atoms with Crippen molar-refractivity contribution in [3.8, 4) is 28.4 Å². The lowest BCUT2D eigenvalue weighted by molar-refractivity contribution is 0.415. The van der Waals surface area contributed by atoms with E-state index >= 15 is 0 Å². The van der Waals surface area contributed by atoms with Crippen molar-refractivity contribution >= 4 is 16.7 Å². The molecule has 35 heavy (non-hydrogen) atoms. The molecular formula is C28H26N6O. The number of hydrogen-bond donors (Lipinski definition) is 2. The number of methoxy groups -OCH3 is 1. The largest absolute Gasteiger partial charge is 0.497 e.